The van der Waals surface area contributed by atoms with Gasteiger partial charge in [-0.25, -0.2) is 8.42 Å². The van der Waals surface area contributed by atoms with Crippen LogP contribution in [0.1, 0.15) is 12.0 Å². The molecule has 0 radical (unpaired) electrons. The largest absolute Gasteiger partial charge is 0.497 e. The van der Waals surface area contributed by atoms with Gasteiger partial charge in [-0.3, -0.25) is 4.79 Å². The Morgan fingerprint density at radius 3 is 2.41 bits per heavy atom. The summed E-state index contributed by atoms with van der Waals surface area (Å²) in [4.78, 5) is 14.2. The maximum absolute atomic E-state index is 12.9. The van der Waals surface area contributed by atoms with Crippen molar-refractivity contribution in [1.82, 2.24) is 4.72 Å². The molecule has 1 saturated heterocycles. The predicted octanol–water partition coefficient (Wildman–Crippen LogP) is 2.10. The number of methoxy groups -OCH3 is 2. The second-order valence-electron chi connectivity index (χ2n) is 6.30. The molecule has 7 nitrogen and oxygen atoms in total. The van der Waals surface area contributed by atoms with Gasteiger partial charge in [-0.05, 0) is 37.6 Å². The third-order valence-electron chi connectivity index (χ3n) is 4.51. The predicted molar refractivity (Wildman–Crippen MR) is 102 cm³/mol. The van der Waals surface area contributed by atoms with Gasteiger partial charge in [0, 0.05) is 18.3 Å². The zero-order chi connectivity index (χ0) is 19.6. The van der Waals surface area contributed by atoms with Crippen LogP contribution in [0.5, 0.6) is 11.5 Å². The summed E-state index contributed by atoms with van der Waals surface area (Å²) in [5.41, 5.74) is 1.85. The Labute approximate surface area is 158 Å². The number of amides is 1. The van der Waals surface area contributed by atoms with Crippen LogP contribution >= 0.6 is 0 Å². The Bertz CT molecular complexity index is 941. The van der Waals surface area contributed by atoms with Crippen LogP contribution in [-0.2, 0) is 14.8 Å². The van der Waals surface area contributed by atoms with Gasteiger partial charge in [0.15, 0.2) is 0 Å². The van der Waals surface area contributed by atoms with Crippen LogP contribution in [0.25, 0.3) is 0 Å². The number of nitrogens with one attached hydrogen (secondary N) is 1. The Hall–Kier alpha value is -2.58. The van der Waals surface area contributed by atoms with Crippen LogP contribution in [0.4, 0.5) is 5.69 Å². The Morgan fingerprint density at radius 1 is 1.07 bits per heavy atom. The van der Waals surface area contributed by atoms with Crippen LogP contribution in [0.3, 0.4) is 0 Å². The Kier molecular flexibility index (Phi) is 5.38. The third kappa shape index (κ3) is 3.91. The average Bonchev–Trinajstić information content (AvgIpc) is 3.01. The number of benzene rings is 2. The van der Waals surface area contributed by atoms with Crippen molar-refractivity contribution in [3.05, 3.63) is 48.0 Å². The molecule has 1 aliphatic heterocycles. The van der Waals surface area contributed by atoms with Crippen molar-refractivity contribution < 1.29 is 22.7 Å². The fourth-order valence-corrected chi connectivity index (χ4v) is 4.42. The van der Waals surface area contributed by atoms with E-state index in [1.807, 2.05) is 31.2 Å². The second-order valence-corrected chi connectivity index (χ2v) is 7.99. The lowest BCUT2D eigenvalue weighted by molar-refractivity contribution is -0.118. The third-order valence-corrected chi connectivity index (χ3v) is 6.00. The van der Waals surface area contributed by atoms with Crippen molar-refractivity contribution in [3.63, 3.8) is 0 Å². The molecule has 0 aromatic heterocycles. The second kappa shape index (κ2) is 7.58. The van der Waals surface area contributed by atoms with Gasteiger partial charge in [-0.15, -0.1) is 0 Å². The van der Waals surface area contributed by atoms with Crippen LogP contribution in [0.15, 0.2) is 47.4 Å². The SMILES string of the molecule is COc1ccc(OC)c(S(=O)(=O)NC2CCN(c3ccc(C)cc3)C2=O)c1. The maximum atomic E-state index is 12.9. The quantitative estimate of drug-likeness (QED) is 0.816. The van der Waals surface area contributed by atoms with E-state index in [1.165, 1.54) is 26.4 Å². The van der Waals surface area contributed by atoms with Gasteiger partial charge in [-0.1, -0.05) is 17.7 Å². The summed E-state index contributed by atoms with van der Waals surface area (Å²) in [6.07, 6.45) is 0.387. The van der Waals surface area contributed by atoms with Crippen molar-refractivity contribution in [2.75, 3.05) is 25.7 Å². The van der Waals surface area contributed by atoms with E-state index in [1.54, 1.807) is 11.0 Å². The van der Waals surface area contributed by atoms with E-state index in [9.17, 15) is 13.2 Å². The first kappa shape index (κ1) is 19.2. The van der Waals surface area contributed by atoms with Gasteiger partial charge in [0.05, 0.1) is 14.2 Å². The van der Waals surface area contributed by atoms with Gasteiger partial charge in [0.2, 0.25) is 15.9 Å². The summed E-state index contributed by atoms with van der Waals surface area (Å²) in [7, 11) is -1.13. The molecule has 1 unspecified atom stereocenters. The van der Waals surface area contributed by atoms with Crippen molar-refractivity contribution in [3.8, 4) is 11.5 Å². The standard InChI is InChI=1S/C19H22N2O5S/c1-13-4-6-14(7-5-13)21-11-10-16(19(21)22)20-27(23,24)18-12-15(25-2)8-9-17(18)26-3/h4-9,12,16,20H,10-11H2,1-3H3. The number of aryl methyl sites for hydroxylation is 1. The Balaban J connectivity index is 1.83. The molecule has 0 aliphatic carbocycles. The minimum Gasteiger partial charge on any atom is -0.497 e. The molecule has 1 atom stereocenters. The molecule has 8 heteroatoms. The summed E-state index contributed by atoms with van der Waals surface area (Å²) in [5, 5.41) is 0. The fraction of sp³-hybridized carbons (Fsp3) is 0.316. The lowest BCUT2D eigenvalue weighted by atomic mass is 10.2. The fourth-order valence-electron chi connectivity index (χ4n) is 3.02. The molecule has 2 aromatic rings. The number of ether oxygens (including phenoxy) is 2. The van der Waals surface area contributed by atoms with Crippen LogP contribution in [0, 0.1) is 6.92 Å². The molecule has 0 spiro atoms. The van der Waals surface area contributed by atoms with E-state index in [2.05, 4.69) is 4.72 Å². The lowest BCUT2D eigenvalue weighted by Gasteiger charge is -2.18. The number of anilines is 1. The van der Waals surface area contributed by atoms with Crippen LogP contribution in [0.2, 0.25) is 0 Å². The molecule has 27 heavy (non-hydrogen) atoms. The topological polar surface area (TPSA) is 84.9 Å². The monoisotopic (exact) mass is 390 g/mol. The first-order valence-electron chi connectivity index (χ1n) is 8.48. The number of rotatable bonds is 6. The summed E-state index contributed by atoms with van der Waals surface area (Å²) >= 11 is 0. The molecule has 3 rings (SSSR count). The van der Waals surface area contributed by atoms with Crippen LogP contribution in [-0.4, -0.2) is 41.1 Å². The van der Waals surface area contributed by atoms with E-state index in [4.69, 9.17) is 9.47 Å². The van der Waals surface area contributed by atoms with Crippen molar-refractivity contribution in [1.29, 1.82) is 0 Å². The zero-order valence-electron chi connectivity index (χ0n) is 15.4. The minimum absolute atomic E-state index is 0.0639. The number of hydrogen-bond acceptors (Lipinski definition) is 5. The molecule has 2 aromatic carbocycles. The molecule has 1 aliphatic rings. The highest BCUT2D eigenvalue weighted by molar-refractivity contribution is 7.89. The van der Waals surface area contributed by atoms with Gasteiger partial charge in [0.25, 0.3) is 0 Å². The number of nitrogens with zero attached hydrogens (tertiary/aromatic N) is 1. The maximum Gasteiger partial charge on any atom is 0.245 e. The highest BCUT2D eigenvalue weighted by atomic mass is 32.2. The molecule has 0 saturated carbocycles. The zero-order valence-corrected chi connectivity index (χ0v) is 16.2. The van der Waals surface area contributed by atoms with Gasteiger partial charge >= 0.3 is 0 Å². The number of hydrogen-bond donors (Lipinski definition) is 1. The normalized spacial score (nSPS) is 17.2. The molecule has 1 N–H and O–H groups in total. The van der Waals surface area contributed by atoms with Gasteiger partial charge in [0.1, 0.15) is 22.4 Å². The first-order valence-corrected chi connectivity index (χ1v) is 9.96. The lowest BCUT2D eigenvalue weighted by Crippen LogP contribution is -2.41. The molecule has 0 bridgehead atoms. The molecular weight excluding hydrogens is 368 g/mol. The first-order chi connectivity index (χ1) is 12.9. The summed E-state index contributed by atoms with van der Waals surface area (Å²) in [6, 6.07) is 11.2. The summed E-state index contributed by atoms with van der Waals surface area (Å²) in [5.74, 6) is 0.295. The van der Waals surface area contributed by atoms with E-state index < -0.39 is 16.1 Å². The molecule has 1 heterocycles. The van der Waals surface area contributed by atoms with E-state index >= 15 is 0 Å². The van der Waals surface area contributed by atoms with Crippen molar-refractivity contribution >= 4 is 21.6 Å². The van der Waals surface area contributed by atoms with Gasteiger partial charge < -0.3 is 14.4 Å². The Morgan fingerprint density at radius 2 is 1.78 bits per heavy atom. The highest BCUT2D eigenvalue weighted by Crippen LogP contribution is 2.29. The molecule has 144 valence electrons. The minimum atomic E-state index is -3.97. The van der Waals surface area contributed by atoms with Gasteiger partial charge in [-0.2, -0.15) is 4.72 Å². The molecule has 1 fully saturated rings. The number of sulfonamides is 1. The van der Waals surface area contributed by atoms with Crippen molar-refractivity contribution in [2.45, 2.75) is 24.3 Å². The van der Waals surface area contributed by atoms with E-state index in [0.717, 1.165) is 11.3 Å². The smallest absolute Gasteiger partial charge is 0.245 e. The van der Waals surface area contributed by atoms with E-state index in [0.29, 0.717) is 18.7 Å². The van der Waals surface area contributed by atoms with Crippen molar-refractivity contribution in [2.24, 2.45) is 0 Å². The molecular formula is C19H22N2O5S. The van der Waals surface area contributed by atoms with E-state index in [-0.39, 0.29) is 16.6 Å². The average molecular weight is 390 g/mol. The number of carbonyl (C=O) groups excluding carboxylic acids is 1. The molecule has 1 amide bonds. The van der Waals surface area contributed by atoms with Crippen LogP contribution < -0.4 is 19.1 Å². The number of carbonyl (C=O) groups is 1. The summed E-state index contributed by atoms with van der Waals surface area (Å²) in [6.45, 7) is 2.42. The summed E-state index contributed by atoms with van der Waals surface area (Å²) < 4.78 is 38.5. The highest BCUT2D eigenvalue weighted by Gasteiger charge is 2.36.